The van der Waals surface area contributed by atoms with Gasteiger partial charge in [0.05, 0.1) is 18.1 Å². The second kappa shape index (κ2) is 6.44. The molecule has 0 spiro atoms. The molecule has 124 valence electrons. The van der Waals surface area contributed by atoms with Gasteiger partial charge in [0.2, 0.25) is 5.91 Å². The van der Waals surface area contributed by atoms with E-state index in [0.717, 1.165) is 13.0 Å². The van der Waals surface area contributed by atoms with Crippen LogP contribution >= 0.6 is 0 Å². The third-order valence-corrected chi connectivity index (χ3v) is 4.70. The predicted molar refractivity (Wildman–Crippen MR) is 82.3 cm³/mol. The average Bonchev–Trinajstić information content (AvgIpc) is 3.27. The Hall–Kier alpha value is -1.30. The predicted octanol–water partition coefficient (Wildman–Crippen LogP) is 0.968. The summed E-state index contributed by atoms with van der Waals surface area (Å²) < 4.78 is 5.88. The Kier molecular flexibility index (Phi) is 4.57. The minimum atomic E-state index is -0.150. The Bertz CT molecular complexity index is 434. The molecule has 3 aliphatic rings. The smallest absolute Gasteiger partial charge is 0.317 e. The lowest BCUT2D eigenvalue weighted by Crippen LogP contribution is -2.51. The summed E-state index contributed by atoms with van der Waals surface area (Å²) >= 11 is 0. The van der Waals surface area contributed by atoms with Gasteiger partial charge in [-0.15, -0.1) is 0 Å². The molecule has 0 aromatic rings. The van der Waals surface area contributed by atoms with Gasteiger partial charge in [-0.05, 0) is 31.1 Å². The molecule has 1 aliphatic carbocycles. The highest BCUT2D eigenvalue weighted by Gasteiger charge is 2.45. The van der Waals surface area contributed by atoms with Crippen LogP contribution in [0.4, 0.5) is 4.79 Å². The van der Waals surface area contributed by atoms with E-state index in [4.69, 9.17) is 4.74 Å². The number of morpholine rings is 1. The molecule has 6 nitrogen and oxygen atoms in total. The van der Waals surface area contributed by atoms with Crippen LogP contribution in [0, 0.1) is 17.8 Å². The number of hydrogen-bond donors (Lipinski definition) is 2. The number of ether oxygens (including phenoxy) is 1. The molecule has 3 amide bonds. The Morgan fingerprint density at radius 3 is 2.68 bits per heavy atom. The second-order valence-corrected chi connectivity index (χ2v) is 7.31. The Morgan fingerprint density at radius 1 is 1.23 bits per heavy atom. The molecule has 6 heteroatoms. The summed E-state index contributed by atoms with van der Waals surface area (Å²) in [6.45, 7) is 6.73. The van der Waals surface area contributed by atoms with Gasteiger partial charge in [0.25, 0.3) is 0 Å². The van der Waals surface area contributed by atoms with E-state index < -0.39 is 0 Å². The fraction of sp³-hybridized carbons (Fsp3) is 0.875. The minimum Gasteiger partial charge on any atom is -0.370 e. The van der Waals surface area contributed by atoms with Crippen molar-refractivity contribution in [2.75, 3.05) is 26.2 Å². The molecule has 3 atom stereocenters. The molecule has 3 fully saturated rings. The quantitative estimate of drug-likeness (QED) is 0.795. The van der Waals surface area contributed by atoms with Crippen LogP contribution in [0.15, 0.2) is 0 Å². The van der Waals surface area contributed by atoms with Crippen LogP contribution in [0.25, 0.3) is 0 Å². The maximum Gasteiger partial charge on any atom is 0.317 e. The Morgan fingerprint density at radius 2 is 2.00 bits per heavy atom. The lowest BCUT2D eigenvalue weighted by Gasteiger charge is -2.33. The molecule has 0 aromatic heterocycles. The van der Waals surface area contributed by atoms with Crippen LogP contribution in [0.5, 0.6) is 0 Å². The van der Waals surface area contributed by atoms with E-state index in [2.05, 4.69) is 24.5 Å². The van der Waals surface area contributed by atoms with Gasteiger partial charge in [0.1, 0.15) is 0 Å². The SMILES string of the molecule is CC(C)CNC(=O)N1CC2CC(C(=O)NCC3CC3)C(C1)O2. The number of urea groups is 1. The van der Waals surface area contributed by atoms with E-state index in [9.17, 15) is 9.59 Å². The van der Waals surface area contributed by atoms with E-state index in [-0.39, 0.29) is 30.1 Å². The van der Waals surface area contributed by atoms with Gasteiger partial charge in [0.15, 0.2) is 0 Å². The number of nitrogens with zero attached hydrogens (tertiary/aromatic N) is 1. The van der Waals surface area contributed by atoms with Crippen LogP contribution in [0.3, 0.4) is 0 Å². The molecule has 2 heterocycles. The van der Waals surface area contributed by atoms with E-state index in [1.807, 2.05) is 0 Å². The van der Waals surface area contributed by atoms with Crippen LogP contribution in [-0.2, 0) is 9.53 Å². The first kappa shape index (κ1) is 15.6. The van der Waals surface area contributed by atoms with Crippen molar-refractivity contribution in [3.05, 3.63) is 0 Å². The topological polar surface area (TPSA) is 70.7 Å². The molecule has 0 radical (unpaired) electrons. The zero-order valence-corrected chi connectivity index (χ0v) is 13.5. The van der Waals surface area contributed by atoms with Crippen molar-refractivity contribution in [1.29, 1.82) is 0 Å². The monoisotopic (exact) mass is 309 g/mol. The standard InChI is InChI=1S/C16H27N3O3/c1-10(2)6-18-16(21)19-8-12-5-13(14(9-19)22-12)15(20)17-7-11-3-4-11/h10-14H,3-9H2,1-2H3,(H,17,20)(H,18,21). The highest BCUT2D eigenvalue weighted by molar-refractivity contribution is 5.80. The normalized spacial score (nSPS) is 30.5. The van der Waals surface area contributed by atoms with Crippen LogP contribution in [0.2, 0.25) is 0 Å². The molecule has 22 heavy (non-hydrogen) atoms. The first-order valence-electron chi connectivity index (χ1n) is 8.49. The summed E-state index contributed by atoms with van der Waals surface area (Å²) in [5, 5.41) is 5.99. The molecule has 3 unspecified atom stereocenters. The van der Waals surface area contributed by atoms with Crippen LogP contribution < -0.4 is 10.6 Å². The fourth-order valence-electron chi connectivity index (χ4n) is 3.20. The number of hydrogen-bond acceptors (Lipinski definition) is 3. The number of likely N-dealkylation sites (tertiary alicyclic amines) is 1. The Balaban J connectivity index is 1.50. The maximum atomic E-state index is 12.3. The number of fused-ring (bicyclic) bond motifs is 2. The zero-order chi connectivity index (χ0) is 15.7. The molecule has 2 aliphatic heterocycles. The lowest BCUT2D eigenvalue weighted by molar-refractivity contribution is -0.127. The van der Waals surface area contributed by atoms with Crippen LogP contribution in [-0.4, -0.2) is 55.2 Å². The van der Waals surface area contributed by atoms with Gasteiger partial charge in [0, 0.05) is 26.2 Å². The van der Waals surface area contributed by atoms with E-state index in [1.165, 1.54) is 12.8 Å². The summed E-state index contributed by atoms with van der Waals surface area (Å²) in [6, 6.07) is -0.0361. The maximum absolute atomic E-state index is 12.3. The van der Waals surface area contributed by atoms with Gasteiger partial charge < -0.3 is 20.3 Å². The van der Waals surface area contributed by atoms with Gasteiger partial charge in [-0.25, -0.2) is 4.79 Å². The van der Waals surface area contributed by atoms with Crippen molar-refractivity contribution in [2.45, 2.75) is 45.3 Å². The third-order valence-electron chi connectivity index (χ3n) is 4.70. The van der Waals surface area contributed by atoms with E-state index >= 15 is 0 Å². The fourth-order valence-corrected chi connectivity index (χ4v) is 3.20. The molecular weight excluding hydrogens is 282 g/mol. The van der Waals surface area contributed by atoms with Crippen molar-refractivity contribution in [1.82, 2.24) is 15.5 Å². The Labute approximate surface area is 131 Å². The van der Waals surface area contributed by atoms with Gasteiger partial charge in [-0.1, -0.05) is 13.8 Å². The van der Waals surface area contributed by atoms with Crippen LogP contribution in [0.1, 0.15) is 33.1 Å². The molecular formula is C16H27N3O3. The minimum absolute atomic E-state index is 0.000208. The van der Waals surface area contributed by atoms with E-state index in [0.29, 0.717) is 31.5 Å². The molecule has 0 aromatic carbocycles. The average molecular weight is 309 g/mol. The summed E-state index contributed by atoms with van der Waals surface area (Å²) in [7, 11) is 0. The summed E-state index contributed by atoms with van der Waals surface area (Å²) in [5.41, 5.74) is 0. The third kappa shape index (κ3) is 3.72. The second-order valence-electron chi connectivity index (χ2n) is 7.31. The highest BCUT2D eigenvalue weighted by Crippen LogP contribution is 2.33. The number of rotatable bonds is 5. The van der Waals surface area contributed by atoms with Gasteiger partial charge >= 0.3 is 6.03 Å². The first-order chi connectivity index (χ1) is 10.5. The molecule has 2 saturated heterocycles. The number of carbonyl (C=O) groups is 2. The van der Waals surface area contributed by atoms with Gasteiger partial charge in [-0.2, -0.15) is 0 Å². The zero-order valence-electron chi connectivity index (χ0n) is 13.5. The largest absolute Gasteiger partial charge is 0.370 e. The summed E-state index contributed by atoms with van der Waals surface area (Å²) in [5.74, 6) is 1.11. The van der Waals surface area contributed by atoms with Gasteiger partial charge in [-0.3, -0.25) is 4.79 Å². The molecule has 2 bridgehead atoms. The summed E-state index contributed by atoms with van der Waals surface area (Å²) in [6.07, 6.45) is 3.05. The summed E-state index contributed by atoms with van der Waals surface area (Å²) in [4.78, 5) is 26.3. The van der Waals surface area contributed by atoms with Crippen molar-refractivity contribution in [3.63, 3.8) is 0 Å². The van der Waals surface area contributed by atoms with E-state index in [1.54, 1.807) is 4.90 Å². The lowest BCUT2D eigenvalue weighted by atomic mass is 9.99. The van der Waals surface area contributed by atoms with Crippen molar-refractivity contribution in [3.8, 4) is 0 Å². The molecule has 1 saturated carbocycles. The molecule has 2 N–H and O–H groups in total. The first-order valence-corrected chi connectivity index (χ1v) is 8.49. The highest BCUT2D eigenvalue weighted by atomic mass is 16.5. The van der Waals surface area contributed by atoms with Crippen molar-refractivity contribution in [2.24, 2.45) is 17.8 Å². The van der Waals surface area contributed by atoms with Crippen molar-refractivity contribution < 1.29 is 14.3 Å². The number of nitrogens with one attached hydrogen (secondary N) is 2. The molecule has 3 rings (SSSR count). The number of amides is 3. The van der Waals surface area contributed by atoms with Crippen molar-refractivity contribution >= 4 is 11.9 Å². The number of carbonyl (C=O) groups excluding carboxylic acids is 2.